The summed E-state index contributed by atoms with van der Waals surface area (Å²) in [5.41, 5.74) is 0.697. The first-order chi connectivity index (χ1) is 11.7. The largest absolute Gasteiger partial charge is 0.386 e. The first-order valence-corrected chi connectivity index (χ1v) is 9.09. The van der Waals surface area contributed by atoms with E-state index in [0.29, 0.717) is 16.5 Å². The number of aliphatic hydroxyl groups is 1. The fraction of sp³-hybridized carbons (Fsp3) is 0.611. The third kappa shape index (κ3) is 8.52. The maximum atomic E-state index is 10.2. The molecule has 0 saturated heterocycles. The van der Waals surface area contributed by atoms with Gasteiger partial charge in [0.25, 0.3) is 0 Å². The Morgan fingerprint density at radius 1 is 1.21 bits per heavy atom. The Morgan fingerprint density at radius 2 is 1.96 bits per heavy atom. The number of guanidine groups is 1. The second kappa shape index (κ2) is 13.0. The van der Waals surface area contributed by atoms with Gasteiger partial charge in [-0.2, -0.15) is 0 Å². The lowest BCUT2D eigenvalue weighted by atomic mass is 10.1. The third-order valence-electron chi connectivity index (χ3n) is 3.43. The second-order valence-electron chi connectivity index (χ2n) is 5.50. The summed E-state index contributed by atoms with van der Waals surface area (Å²) in [6, 6.07) is 7.29. The Kier molecular flexibility index (Phi) is 11.3. The molecule has 24 heavy (non-hydrogen) atoms. The molecule has 1 aromatic carbocycles. The Bertz CT molecular complexity index is 483. The molecule has 0 fully saturated rings. The standard InChI is InChI=1S/C18H30ClN3O2/c1-3-5-12-24-13-8-11-21-18(20-4-2)22-14-17(23)15-9-6-7-10-16(15)19/h6-7,9-10,17,23H,3-5,8,11-14H2,1-2H3,(H2,20,21,22). The van der Waals surface area contributed by atoms with E-state index in [1.54, 1.807) is 6.07 Å². The highest BCUT2D eigenvalue weighted by atomic mass is 35.5. The first kappa shape index (κ1) is 20.7. The molecule has 0 bridgehead atoms. The zero-order chi connectivity index (χ0) is 17.6. The van der Waals surface area contributed by atoms with Gasteiger partial charge in [-0.3, -0.25) is 4.99 Å². The summed E-state index contributed by atoms with van der Waals surface area (Å²) in [6.07, 6.45) is 2.47. The number of halogens is 1. The molecule has 1 unspecified atom stereocenters. The molecular weight excluding hydrogens is 326 g/mol. The van der Waals surface area contributed by atoms with Gasteiger partial charge in [0.15, 0.2) is 5.96 Å². The Balaban J connectivity index is 2.37. The van der Waals surface area contributed by atoms with Crippen LogP contribution in [0.3, 0.4) is 0 Å². The number of unbranched alkanes of at least 4 members (excludes halogenated alkanes) is 1. The Labute approximate surface area is 150 Å². The van der Waals surface area contributed by atoms with Crippen molar-refractivity contribution in [1.29, 1.82) is 0 Å². The number of nitrogens with zero attached hydrogens (tertiary/aromatic N) is 1. The molecule has 0 aromatic heterocycles. The quantitative estimate of drug-likeness (QED) is 0.324. The van der Waals surface area contributed by atoms with E-state index in [-0.39, 0.29) is 6.54 Å². The Morgan fingerprint density at radius 3 is 2.67 bits per heavy atom. The summed E-state index contributed by atoms with van der Waals surface area (Å²) < 4.78 is 5.53. The van der Waals surface area contributed by atoms with Crippen LogP contribution in [0, 0.1) is 0 Å². The number of aliphatic imine (C=N–C) groups is 1. The van der Waals surface area contributed by atoms with E-state index in [0.717, 1.165) is 45.6 Å². The Hall–Kier alpha value is -1.30. The van der Waals surface area contributed by atoms with Gasteiger partial charge in [0.05, 0.1) is 6.54 Å². The van der Waals surface area contributed by atoms with Gasteiger partial charge in [-0.1, -0.05) is 43.1 Å². The van der Waals surface area contributed by atoms with E-state index < -0.39 is 6.10 Å². The van der Waals surface area contributed by atoms with Crippen LogP contribution in [0.5, 0.6) is 0 Å². The van der Waals surface area contributed by atoms with Crippen molar-refractivity contribution in [3.63, 3.8) is 0 Å². The van der Waals surface area contributed by atoms with Crippen LogP contribution in [0.25, 0.3) is 0 Å². The highest BCUT2D eigenvalue weighted by molar-refractivity contribution is 6.31. The zero-order valence-electron chi connectivity index (χ0n) is 14.7. The molecule has 1 rings (SSSR count). The average molecular weight is 356 g/mol. The van der Waals surface area contributed by atoms with Crippen LogP contribution in [0.15, 0.2) is 29.3 Å². The monoisotopic (exact) mass is 355 g/mol. The molecule has 0 radical (unpaired) electrons. The fourth-order valence-corrected chi connectivity index (χ4v) is 2.35. The fourth-order valence-electron chi connectivity index (χ4n) is 2.09. The minimum Gasteiger partial charge on any atom is -0.386 e. The molecule has 1 aromatic rings. The van der Waals surface area contributed by atoms with Crippen LogP contribution >= 0.6 is 11.6 Å². The smallest absolute Gasteiger partial charge is 0.191 e. The molecule has 0 saturated carbocycles. The molecule has 0 amide bonds. The summed E-state index contributed by atoms with van der Waals surface area (Å²) in [5, 5.41) is 17.2. The van der Waals surface area contributed by atoms with E-state index in [1.807, 2.05) is 25.1 Å². The van der Waals surface area contributed by atoms with Crippen molar-refractivity contribution in [3.8, 4) is 0 Å². The summed E-state index contributed by atoms with van der Waals surface area (Å²) in [4.78, 5) is 4.42. The highest BCUT2D eigenvalue weighted by Gasteiger charge is 2.10. The second-order valence-corrected chi connectivity index (χ2v) is 5.91. The van der Waals surface area contributed by atoms with E-state index in [2.05, 4.69) is 22.5 Å². The van der Waals surface area contributed by atoms with Crippen LogP contribution in [0.1, 0.15) is 44.8 Å². The number of aliphatic hydroxyl groups excluding tert-OH is 1. The predicted molar refractivity (Wildman–Crippen MR) is 101 cm³/mol. The molecule has 0 spiro atoms. The normalized spacial score (nSPS) is 12.9. The van der Waals surface area contributed by atoms with Gasteiger partial charge in [0, 0.05) is 36.9 Å². The molecule has 0 heterocycles. The van der Waals surface area contributed by atoms with E-state index in [9.17, 15) is 5.11 Å². The van der Waals surface area contributed by atoms with Crippen LogP contribution in [-0.4, -0.2) is 43.9 Å². The van der Waals surface area contributed by atoms with Gasteiger partial charge in [0.1, 0.15) is 6.10 Å². The van der Waals surface area contributed by atoms with Crippen molar-refractivity contribution in [1.82, 2.24) is 10.6 Å². The van der Waals surface area contributed by atoms with Crippen LogP contribution in [0.2, 0.25) is 5.02 Å². The van der Waals surface area contributed by atoms with Crippen LogP contribution in [-0.2, 0) is 4.74 Å². The number of benzene rings is 1. The number of hydrogen-bond acceptors (Lipinski definition) is 3. The summed E-state index contributed by atoms with van der Waals surface area (Å²) in [5.74, 6) is 0.692. The molecule has 3 N–H and O–H groups in total. The maximum Gasteiger partial charge on any atom is 0.191 e. The van der Waals surface area contributed by atoms with Gasteiger partial charge in [0.2, 0.25) is 0 Å². The summed E-state index contributed by atoms with van der Waals surface area (Å²) in [6.45, 7) is 7.53. The topological polar surface area (TPSA) is 65.9 Å². The zero-order valence-corrected chi connectivity index (χ0v) is 15.5. The number of rotatable bonds is 11. The average Bonchev–Trinajstić information content (AvgIpc) is 2.59. The SMILES string of the molecule is CCCCOCCCNC(=NCC(O)c1ccccc1Cl)NCC. The van der Waals surface area contributed by atoms with Gasteiger partial charge in [-0.05, 0) is 25.8 Å². The van der Waals surface area contributed by atoms with E-state index in [1.165, 1.54) is 0 Å². The molecule has 1 atom stereocenters. The summed E-state index contributed by atoms with van der Waals surface area (Å²) >= 11 is 6.10. The van der Waals surface area contributed by atoms with E-state index >= 15 is 0 Å². The highest BCUT2D eigenvalue weighted by Crippen LogP contribution is 2.22. The summed E-state index contributed by atoms with van der Waals surface area (Å²) in [7, 11) is 0. The number of nitrogens with one attached hydrogen (secondary N) is 2. The van der Waals surface area contributed by atoms with Gasteiger partial charge in [-0.15, -0.1) is 0 Å². The third-order valence-corrected chi connectivity index (χ3v) is 3.78. The molecule has 0 aliphatic carbocycles. The van der Waals surface area contributed by atoms with Crippen molar-refractivity contribution in [2.45, 2.75) is 39.2 Å². The predicted octanol–water partition coefficient (Wildman–Crippen LogP) is 3.14. The van der Waals surface area contributed by atoms with Crippen molar-refractivity contribution in [2.24, 2.45) is 4.99 Å². The molecular formula is C18H30ClN3O2. The lowest BCUT2D eigenvalue weighted by molar-refractivity contribution is 0.129. The minimum absolute atomic E-state index is 0.256. The molecule has 5 nitrogen and oxygen atoms in total. The van der Waals surface area contributed by atoms with Crippen molar-refractivity contribution >= 4 is 17.6 Å². The van der Waals surface area contributed by atoms with Crippen molar-refractivity contribution in [3.05, 3.63) is 34.9 Å². The van der Waals surface area contributed by atoms with Crippen molar-refractivity contribution in [2.75, 3.05) is 32.8 Å². The number of hydrogen-bond donors (Lipinski definition) is 3. The van der Waals surface area contributed by atoms with Gasteiger partial charge < -0.3 is 20.5 Å². The maximum absolute atomic E-state index is 10.2. The first-order valence-electron chi connectivity index (χ1n) is 8.71. The van der Waals surface area contributed by atoms with Gasteiger partial charge in [-0.25, -0.2) is 0 Å². The van der Waals surface area contributed by atoms with Gasteiger partial charge >= 0.3 is 0 Å². The van der Waals surface area contributed by atoms with Crippen LogP contribution in [0.4, 0.5) is 0 Å². The minimum atomic E-state index is -0.716. The molecule has 6 heteroatoms. The number of ether oxygens (including phenoxy) is 1. The van der Waals surface area contributed by atoms with Crippen LogP contribution < -0.4 is 10.6 Å². The lowest BCUT2D eigenvalue weighted by Gasteiger charge is -2.14. The molecule has 0 aliphatic heterocycles. The van der Waals surface area contributed by atoms with E-state index in [4.69, 9.17) is 16.3 Å². The lowest BCUT2D eigenvalue weighted by Crippen LogP contribution is -2.38. The molecule has 136 valence electrons. The molecule has 0 aliphatic rings. The van der Waals surface area contributed by atoms with Crippen molar-refractivity contribution < 1.29 is 9.84 Å².